The summed E-state index contributed by atoms with van der Waals surface area (Å²) in [5, 5.41) is 8.48. The number of hydrogen-bond acceptors (Lipinski definition) is 4. The normalized spacial score (nSPS) is 11.9. The highest BCUT2D eigenvalue weighted by molar-refractivity contribution is 9.11. The molecular formula is C7H10BrNO3S2. The first-order chi connectivity index (χ1) is 6.53. The summed E-state index contributed by atoms with van der Waals surface area (Å²) in [5.74, 6) is -0.250. The molecule has 0 atom stereocenters. The summed E-state index contributed by atoms with van der Waals surface area (Å²) < 4.78 is 25.6. The van der Waals surface area contributed by atoms with Crippen molar-refractivity contribution < 1.29 is 13.5 Å². The van der Waals surface area contributed by atoms with E-state index in [1.165, 1.54) is 11.3 Å². The first kappa shape index (κ1) is 12.1. The van der Waals surface area contributed by atoms with Crippen LogP contribution in [0.4, 0.5) is 0 Å². The molecule has 0 aromatic carbocycles. The van der Waals surface area contributed by atoms with Crippen LogP contribution in [0.2, 0.25) is 0 Å². The molecule has 1 aromatic heterocycles. The Hall–Kier alpha value is 0.0500. The summed E-state index contributed by atoms with van der Waals surface area (Å²) >= 11 is 4.76. The molecule has 0 aliphatic heterocycles. The van der Waals surface area contributed by atoms with Crippen molar-refractivity contribution in [2.45, 2.75) is 6.54 Å². The maximum Gasteiger partial charge on any atom is 0.214 e. The molecule has 1 aromatic rings. The topological polar surface area (TPSA) is 66.4 Å². The van der Waals surface area contributed by atoms with Gasteiger partial charge in [0.25, 0.3) is 0 Å². The molecule has 0 spiro atoms. The number of thiophene rings is 1. The lowest BCUT2D eigenvalue weighted by Gasteiger charge is -2.02. The predicted molar refractivity (Wildman–Crippen MR) is 59.7 cm³/mol. The van der Waals surface area contributed by atoms with Crippen LogP contribution in [0.5, 0.6) is 0 Å². The highest BCUT2D eigenvalue weighted by Gasteiger charge is 2.09. The number of rotatable bonds is 5. The summed E-state index contributed by atoms with van der Waals surface area (Å²) in [4.78, 5) is 0.929. The second kappa shape index (κ2) is 5.22. The quantitative estimate of drug-likeness (QED) is 0.850. The lowest BCUT2D eigenvalue weighted by atomic mass is 10.5. The molecule has 4 nitrogen and oxygen atoms in total. The van der Waals surface area contributed by atoms with E-state index in [4.69, 9.17) is 5.11 Å². The van der Waals surface area contributed by atoms with Crippen LogP contribution in [0, 0.1) is 0 Å². The third-order valence-corrected chi connectivity index (χ3v) is 4.38. The fourth-order valence-corrected chi connectivity index (χ4v) is 3.09. The second-order valence-electron chi connectivity index (χ2n) is 2.57. The van der Waals surface area contributed by atoms with E-state index in [1.54, 1.807) is 0 Å². The molecule has 0 saturated heterocycles. The van der Waals surface area contributed by atoms with Gasteiger partial charge in [-0.25, -0.2) is 13.1 Å². The standard InChI is InChI=1S/C7H10BrNO3S2/c8-7-2-1-6(13-7)5-9-14(11,12)4-3-10/h1-2,9-10H,3-5H2. The molecule has 0 fully saturated rings. The van der Waals surface area contributed by atoms with Crippen molar-refractivity contribution >= 4 is 37.3 Å². The SMILES string of the molecule is O=S(=O)(CCO)NCc1ccc(Br)s1. The van der Waals surface area contributed by atoms with Crippen molar-refractivity contribution in [3.05, 3.63) is 20.8 Å². The van der Waals surface area contributed by atoms with Crippen LogP contribution in [-0.2, 0) is 16.6 Å². The Morgan fingerprint density at radius 3 is 2.71 bits per heavy atom. The monoisotopic (exact) mass is 299 g/mol. The van der Waals surface area contributed by atoms with E-state index in [-0.39, 0.29) is 18.9 Å². The van der Waals surface area contributed by atoms with E-state index in [0.29, 0.717) is 0 Å². The molecular weight excluding hydrogens is 290 g/mol. The van der Waals surface area contributed by atoms with Gasteiger partial charge in [0.1, 0.15) is 0 Å². The fraction of sp³-hybridized carbons (Fsp3) is 0.429. The Labute approximate surface area is 95.1 Å². The number of sulfonamides is 1. The van der Waals surface area contributed by atoms with Gasteiger partial charge in [0.05, 0.1) is 16.1 Å². The minimum absolute atomic E-state index is 0.250. The number of hydrogen-bond donors (Lipinski definition) is 2. The molecule has 7 heteroatoms. The Kier molecular flexibility index (Phi) is 4.52. The van der Waals surface area contributed by atoms with Crippen molar-refractivity contribution in [2.24, 2.45) is 0 Å². The van der Waals surface area contributed by atoms with Gasteiger partial charge in [0.15, 0.2) is 0 Å². The molecule has 80 valence electrons. The number of aliphatic hydroxyl groups is 1. The largest absolute Gasteiger partial charge is 0.395 e. The number of nitrogens with one attached hydrogen (secondary N) is 1. The molecule has 1 heterocycles. The van der Waals surface area contributed by atoms with E-state index < -0.39 is 10.0 Å². The van der Waals surface area contributed by atoms with Crippen molar-refractivity contribution in [1.29, 1.82) is 0 Å². The highest BCUT2D eigenvalue weighted by atomic mass is 79.9. The minimum Gasteiger partial charge on any atom is -0.395 e. The van der Waals surface area contributed by atoms with Crippen LogP contribution >= 0.6 is 27.3 Å². The van der Waals surface area contributed by atoms with E-state index in [2.05, 4.69) is 20.7 Å². The number of aliphatic hydroxyl groups excluding tert-OH is 1. The summed E-state index contributed by atoms with van der Waals surface area (Å²) in [7, 11) is -3.33. The molecule has 0 aliphatic rings. The molecule has 14 heavy (non-hydrogen) atoms. The van der Waals surface area contributed by atoms with Crippen molar-refractivity contribution in [2.75, 3.05) is 12.4 Å². The van der Waals surface area contributed by atoms with Crippen LogP contribution in [0.15, 0.2) is 15.9 Å². The first-order valence-corrected chi connectivity index (χ1v) is 7.12. The van der Waals surface area contributed by atoms with Gasteiger partial charge >= 0.3 is 0 Å². The van der Waals surface area contributed by atoms with E-state index in [9.17, 15) is 8.42 Å². The van der Waals surface area contributed by atoms with Crippen LogP contribution in [0.3, 0.4) is 0 Å². The van der Waals surface area contributed by atoms with E-state index in [0.717, 1.165) is 8.66 Å². The van der Waals surface area contributed by atoms with E-state index >= 15 is 0 Å². The van der Waals surface area contributed by atoms with Gasteiger partial charge < -0.3 is 5.11 Å². The van der Waals surface area contributed by atoms with Crippen LogP contribution in [0.25, 0.3) is 0 Å². The molecule has 0 radical (unpaired) electrons. The van der Waals surface area contributed by atoms with Gasteiger partial charge in [0.2, 0.25) is 10.0 Å². The van der Waals surface area contributed by atoms with Crippen LogP contribution < -0.4 is 4.72 Å². The summed E-state index contributed by atoms with van der Waals surface area (Å²) in [6.07, 6.45) is 0. The van der Waals surface area contributed by atoms with Gasteiger partial charge in [-0.05, 0) is 28.1 Å². The average molecular weight is 300 g/mol. The lowest BCUT2D eigenvalue weighted by molar-refractivity contribution is 0.319. The zero-order valence-corrected chi connectivity index (χ0v) is 10.5. The van der Waals surface area contributed by atoms with Crippen LogP contribution in [0.1, 0.15) is 4.88 Å². The van der Waals surface area contributed by atoms with Gasteiger partial charge in [-0.3, -0.25) is 0 Å². The third-order valence-electron chi connectivity index (χ3n) is 1.46. The van der Waals surface area contributed by atoms with Crippen molar-refractivity contribution in [1.82, 2.24) is 4.72 Å². The summed E-state index contributed by atoms with van der Waals surface area (Å²) in [6.45, 7) is -0.0813. The minimum atomic E-state index is -3.33. The van der Waals surface area contributed by atoms with Gasteiger partial charge in [-0.15, -0.1) is 11.3 Å². The van der Waals surface area contributed by atoms with Gasteiger partial charge in [-0.2, -0.15) is 0 Å². The molecule has 2 N–H and O–H groups in total. The Bertz CT molecular complexity index is 387. The lowest BCUT2D eigenvalue weighted by Crippen LogP contribution is -2.26. The predicted octanol–water partition coefficient (Wildman–Crippen LogP) is 0.922. The van der Waals surface area contributed by atoms with Gasteiger partial charge in [-0.1, -0.05) is 0 Å². The van der Waals surface area contributed by atoms with E-state index in [1.807, 2.05) is 12.1 Å². The second-order valence-corrected chi connectivity index (χ2v) is 7.04. The first-order valence-electron chi connectivity index (χ1n) is 3.86. The maximum atomic E-state index is 11.1. The molecule has 1 rings (SSSR count). The summed E-state index contributed by atoms with van der Waals surface area (Å²) in [5.41, 5.74) is 0. The highest BCUT2D eigenvalue weighted by Crippen LogP contribution is 2.21. The maximum absolute atomic E-state index is 11.1. The smallest absolute Gasteiger partial charge is 0.214 e. The fourth-order valence-electron chi connectivity index (χ4n) is 0.820. The summed E-state index contributed by atoms with van der Waals surface area (Å²) in [6, 6.07) is 3.70. The molecule has 0 saturated carbocycles. The zero-order valence-electron chi connectivity index (χ0n) is 7.23. The van der Waals surface area contributed by atoms with Crippen molar-refractivity contribution in [3.8, 4) is 0 Å². The zero-order chi connectivity index (χ0) is 10.6. The van der Waals surface area contributed by atoms with Gasteiger partial charge in [0, 0.05) is 11.4 Å². The molecule has 0 amide bonds. The third kappa shape index (κ3) is 4.05. The Balaban J connectivity index is 2.48. The molecule has 0 aliphatic carbocycles. The molecule has 0 unspecified atom stereocenters. The number of halogens is 1. The molecule has 0 bridgehead atoms. The Morgan fingerprint density at radius 2 is 2.21 bits per heavy atom. The van der Waals surface area contributed by atoms with Crippen molar-refractivity contribution in [3.63, 3.8) is 0 Å². The Morgan fingerprint density at radius 1 is 1.50 bits per heavy atom. The van der Waals surface area contributed by atoms with Crippen LogP contribution in [-0.4, -0.2) is 25.9 Å². The average Bonchev–Trinajstić information content (AvgIpc) is 2.48.